The first-order chi connectivity index (χ1) is 15.6. The van der Waals surface area contributed by atoms with Crippen LogP contribution in [0, 0.1) is 20.8 Å². The van der Waals surface area contributed by atoms with Crippen molar-refractivity contribution >= 4 is 17.8 Å². The molecule has 1 amide bonds. The molecule has 1 aliphatic heterocycles. The molecule has 2 aliphatic rings. The third kappa shape index (κ3) is 6.90. The van der Waals surface area contributed by atoms with Crippen molar-refractivity contribution in [3.8, 4) is 5.82 Å². The molecule has 1 saturated carbocycles. The van der Waals surface area contributed by atoms with Gasteiger partial charge in [0.25, 0.3) is 0 Å². The molecular weight excluding hydrogens is 430 g/mol. The second-order valence-electron chi connectivity index (χ2n) is 8.53. The monoisotopic (exact) mass is 461 g/mol. The Morgan fingerprint density at radius 2 is 1.64 bits per heavy atom. The number of carboxylic acids is 2. The van der Waals surface area contributed by atoms with Gasteiger partial charge in [-0.1, -0.05) is 5.16 Å². The normalized spacial score (nSPS) is 16.7. The van der Waals surface area contributed by atoms with Gasteiger partial charge in [0.15, 0.2) is 5.82 Å². The van der Waals surface area contributed by atoms with Crippen molar-refractivity contribution in [1.29, 1.82) is 0 Å². The fraction of sp³-hybridized carbons (Fsp3) is 0.545. The van der Waals surface area contributed by atoms with Crippen molar-refractivity contribution < 1.29 is 29.1 Å². The molecule has 0 atom stereocenters. The summed E-state index contributed by atoms with van der Waals surface area (Å²) in [6, 6.07) is 4.66. The molecule has 180 valence electrons. The predicted molar refractivity (Wildman–Crippen MR) is 118 cm³/mol. The first-order valence-corrected chi connectivity index (χ1v) is 11.0. The second-order valence-corrected chi connectivity index (χ2v) is 8.53. The number of nitrogens with zero attached hydrogens (tertiary/aromatic N) is 4. The number of carbonyl (C=O) groups is 3. The lowest BCUT2D eigenvalue weighted by molar-refractivity contribution is -0.159. The Bertz CT molecular complexity index is 989. The van der Waals surface area contributed by atoms with E-state index in [2.05, 4.69) is 44.8 Å². The Morgan fingerprint density at radius 3 is 2.15 bits per heavy atom. The molecule has 2 fully saturated rings. The Kier molecular flexibility index (Phi) is 7.88. The number of hydrogen-bond acceptors (Lipinski definition) is 7. The number of carboxylic acid groups (broad SMARTS) is 2. The molecule has 11 nitrogen and oxygen atoms in total. The van der Waals surface area contributed by atoms with Gasteiger partial charge < -0.3 is 24.6 Å². The van der Waals surface area contributed by atoms with Crippen LogP contribution in [0.15, 0.2) is 16.7 Å². The SMILES string of the molecule is Cc1cc(-n2c(C)cc(CN3CCN(CC(=O)NC4CC4)CC3)c2C)no1.O=C(O)C(=O)O. The van der Waals surface area contributed by atoms with E-state index in [1.165, 1.54) is 17.0 Å². The van der Waals surface area contributed by atoms with Crippen LogP contribution in [-0.4, -0.2) is 86.3 Å². The number of hydrogen-bond donors (Lipinski definition) is 3. The van der Waals surface area contributed by atoms with Crippen LogP contribution in [0.1, 0.15) is 35.6 Å². The quantitative estimate of drug-likeness (QED) is 0.536. The standard InChI is InChI=1S/C20H29N5O2.C2H2O4/c1-14-10-17(16(3)25(14)19-11-15(2)27-22-19)12-23-6-8-24(9-7-23)13-20(26)21-18-4-5-18;3-1(4)2(5)6/h10-11,18H,4-9,12-13H2,1-3H3,(H,21,26);(H,3,4)(H,5,6). The highest BCUT2D eigenvalue weighted by Crippen LogP contribution is 2.22. The topological polar surface area (TPSA) is 141 Å². The van der Waals surface area contributed by atoms with E-state index in [9.17, 15) is 4.79 Å². The van der Waals surface area contributed by atoms with Crippen molar-refractivity contribution in [3.63, 3.8) is 0 Å². The second kappa shape index (κ2) is 10.6. The van der Waals surface area contributed by atoms with Gasteiger partial charge in [-0.2, -0.15) is 0 Å². The summed E-state index contributed by atoms with van der Waals surface area (Å²) in [5.74, 6) is -1.80. The van der Waals surface area contributed by atoms with Crippen LogP contribution < -0.4 is 5.32 Å². The summed E-state index contributed by atoms with van der Waals surface area (Å²) in [5, 5.41) is 22.0. The molecule has 3 heterocycles. The molecule has 1 aliphatic carbocycles. The van der Waals surface area contributed by atoms with Gasteiger partial charge in [-0.05, 0) is 45.2 Å². The fourth-order valence-corrected chi connectivity index (χ4v) is 3.85. The molecule has 33 heavy (non-hydrogen) atoms. The van der Waals surface area contributed by atoms with Gasteiger partial charge in [0.2, 0.25) is 5.91 Å². The lowest BCUT2D eigenvalue weighted by atomic mass is 10.2. The smallest absolute Gasteiger partial charge is 0.414 e. The Hall–Kier alpha value is -3.18. The molecule has 11 heteroatoms. The number of carbonyl (C=O) groups excluding carboxylic acids is 1. The van der Waals surface area contributed by atoms with Gasteiger partial charge in [0, 0.05) is 56.2 Å². The zero-order valence-electron chi connectivity index (χ0n) is 19.2. The summed E-state index contributed by atoms with van der Waals surface area (Å²) < 4.78 is 7.40. The fourth-order valence-electron chi connectivity index (χ4n) is 3.85. The van der Waals surface area contributed by atoms with E-state index in [4.69, 9.17) is 24.3 Å². The summed E-state index contributed by atoms with van der Waals surface area (Å²) in [6.07, 6.45) is 2.29. The van der Waals surface area contributed by atoms with Gasteiger partial charge in [0.05, 0.1) is 6.54 Å². The number of rotatable bonds is 6. The van der Waals surface area contributed by atoms with Crippen LogP contribution in [-0.2, 0) is 20.9 Å². The number of amides is 1. The minimum atomic E-state index is -1.82. The summed E-state index contributed by atoms with van der Waals surface area (Å²) in [4.78, 5) is 34.9. The molecule has 3 N–H and O–H groups in total. The van der Waals surface area contributed by atoms with E-state index < -0.39 is 11.9 Å². The highest BCUT2D eigenvalue weighted by atomic mass is 16.5. The molecule has 0 aromatic carbocycles. The van der Waals surface area contributed by atoms with Crippen LogP contribution in [0.2, 0.25) is 0 Å². The van der Waals surface area contributed by atoms with Crippen LogP contribution in [0.3, 0.4) is 0 Å². The lowest BCUT2D eigenvalue weighted by Gasteiger charge is -2.34. The highest BCUT2D eigenvalue weighted by Gasteiger charge is 2.25. The molecule has 0 bridgehead atoms. The van der Waals surface area contributed by atoms with Gasteiger partial charge in [-0.3, -0.25) is 14.6 Å². The molecule has 0 radical (unpaired) electrons. The zero-order valence-corrected chi connectivity index (χ0v) is 19.2. The lowest BCUT2D eigenvalue weighted by Crippen LogP contribution is -2.49. The van der Waals surface area contributed by atoms with Crippen LogP contribution >= 0.6 is 0 Å². The van der Waals surface area contributed by atoms with Crippen molar-refractivity contribution in [1.82, 2.24) is 24.8 Å². The maximum absolute atomic E-state index is 12.0. The molecule has 4 rings (SSSR count). The van der Waals surface area contributed by atoms with E-state index >= 15 is 0 Å². The number of aromatic nitrogens is 2. The largest absolute Gasteiger partial charge is 0.473 e. The number of nitrogens with one attached hydrogen (secondary N) is 1. The molecule has 0 unspecified atom stereocenters. The van der Waals surface area contributed by atoms with E-state index in [0.717, 1.165) is 57.1 Å². The molecular formula is C22H31N5O6. The highest BCUT2D eigenvalue weighted by molar-refractivity contribution is 6.27. The summed E-state index contributed by atoms with van der Waals surface area (Å²) in [6.45, 7) is 11.5. The minimum Gasteiger partial charge on any atom is -0.473 e. The van der Waals surface area contributed by atoms with E-state index in [0.29, 0.717) is 12.6 Å². The van der Waals surface area contributed by atoms with Crippen molar-refractivity contribution in [2.45, 2.75) is 46.2 Å². The summed E-state index contributed by atoms with van der Waals surface area (Å²) in [7, 11) is 0. The maximum atomic E-state index is 12.0. The number of aryl methyl sites for hydroxylation is 2. The van der Waals surface area contributed by atoms with Crippen LogP contribution in [0.25, 0.3) is 5.82 Å². The third-order valence-electron chi connectivity index (χ3n) is 5.73. The summed E-state index contributed by atoms with van der Waals surface area (Å²) >= 11 is 0. The average molecular weight is 462 g/mol. The third-order valence-corrected chi connectivity index (χ3v) is 5.73. The average Bonchev–Trinajstić information content (AvgIpc) is 3.39. The maximum Gasteiger partial charge on any atom is 0.414 e. The van der Waals surface area contributed by atoms with Gasteiger partial charge in [-0.25, -0.2) is 9.59 Å². The van der Waals surface area contributed by atoms with Crippen molar-refractivity contribution in [2.75, 3.05) is 32.7 Å². The predicted octanol–water partition coefficient (Wildman–Crippen LogP) is 0.942. The molecule has 0 spiro atoms. The molecule has 1 saturated heterocycles. The number of aliphatic carboxylic acids is 2. The van der Waals surface area contributed by atoms with Crippen molar-refractivity contribution in [3.05, 3.63) is 34.8 Å². The minimum absolute atomic E-state index is 0.178. The van der Waals surface area contributed by atoms with Crippen LogP contribution in [0.4, 0.5) is 0 Å². The first kappa shape index (κ1) is 24.5. The first-order valence-electron chi connectivity index (χ1n) is 11.0. The van der Waals surface area contributed by atoms with Crippen LogP contribution in [0.5, 0.6) is 0 Å². The number of piperazine rings is 1. The Morgan fingerprint density at radius 1 is 1.03 bits per heavy atom. The summed E-state index contributed by atoms with van der Waals surface area (Å²) in [5.41, 5.74) is 3.71. The van der Waals surface area contributed by atoms with Crippen molar-refractivity contribution in [2.24, 2.45) is 0 Å². The molecule has 2 aromatic heterocycles. The van der Waals surface area contributed by atoms with Gasteiger partial charge >= 0.3 is 11.9 Å². The van der Waals surface area contributed by atoms with E-state index in [1.807, 2.05) is 13.0 Å². The van der Waals surface area contributed by atoms with E-state index in [-0.39, 0.29) is 5.91 Å². The van der Waals surface area contributed by atoms with Gasteiger partial charge in [0.1, 0.15) is 5.76 Å². The zero-order chi connectivity index (χ0) is 24.1. The Labute approximate surface area is 191 Å². The molecule has 2 aromatic rings. The van der Waals surface area contributed by atoms with E-state index in [1.54, 1.807) is 0 Å². The van der Waals surface area contributed by atoms with Gasteiger partial charge in [-0.15, -0.1) is 0 Å². The Balaban J connectivity index is 0.000000454.